The molecule has 0 saturated heterocycles. The van der Waals surface area contributed by atoms with Crippen molar-refractivity contribution < 1.29 is 0 Å². The van der Waals surface area contributed by atoms with E-state index in [1.165, 1.54) is 43.1 Å². The molecule has 0 saturated carbocycles. The SMILES string of the molecule is c1ccc(-n2c(-n3c4ccccc4c4cc5c6ccccc6c6ccccc6c5cc43)nc3ccccc32)cc1. The number of nitrogens with zero attached hydrogens (tertiary/aromatic N) is 3. The van der Waals surface area contributed by atoms with Gasteiger partial charge in [-0.25, -0.2) is 4.98 Å². The molecule has 0 atom stereocenters. The third kappa shape index (κ3) is 2.86. The van der Waals surface area contributed by atoms with Crippen molar-refractivity contribution in [3.63, 3.8) is 0 Å². The Hall–Kier alpha value is -5.41. The van der Waals surface area contributed by atoms with Gasteiger partial charge in [0.2, 0.25) is 5.95 Å². The first kappa shape index (κ1) is 21.5. The molecule has 0 aliphatic rings. The van der Waals surface area contributed by atoms with Crippen LogP contribution in [0.3, 0.4) is 0 Å². The summed E-state index contributed by atoms with van der Waals surface area (Å²) in [6.07, 6.45) is 0. The van der Waals surface area contributed by atoms with E-state index in [1.807, 2.05) is 0 Å². The van der Waals surface area contributed by atoms with Crippen LogP contribution in [-0.2, 0) is 0 Å². The topological polar surface area (TPSA) is 22.8 Å². The predicted molar refractivity (Wildman–Crippen MR) is 168 cm³/mol. The third-order valence-corrected chi connectivity index (χ3v) is 8.29. The van der Waals surface area contributed by atoms with E-state index < -0.39 is 0 Å². The molecule has 0 radical (unpaired) electrons. The van der Waals surface area contributed by atoms with E-state index in [2.05, 4.69) is 149 Å². The molecule has 0 spiro atoms. The largest absolute Gasteiger partial charge is 0.279 e. The van der Waals surface area contributed by atoms with Crippen molar-refractivity contribution in [2.75, 3.05) is 0 Å². The fourth-order valence-electron chi connectivity index (χ4n) is 6.58. The van der Waals surface area contributed by atoms with Crippen molar-refractivity contribution in [3.05, 3.63) is 140 Å². The average molecular weight is 510 g/mol. The minimum Gasteiger partial charge on any atom is -0.279 e. The summed E-state index contributed by atoms with van der Waals surface area (Å²) >= 11 is 0. The number of hydrogen-bond acceptors (Lipinski definition) is 1. The molecule has 0 amide bonds. The highest BCUT2D eigenvalue weighted by atomic mass is 15.2. The van der Waals surface area contributed by atoms with Gasteiger partial charge in [0.1, 0.15) is 0 Å². The van der Waals surface area contributed by atoms with E-state index in [0.29, 0.717) is 0 Å². The van der Waals surface area contributed by atoms with E-state index >= 15 is 0 Å². The van der Waals surface area contributed by atoms with Crippen LogP contribution in [0.5, 0.6) is 0 Å². The van der Waals surface area contributed by atoms with Gasteiger partial charge in [0.15, 0.2) is 0 Å². The van der Waals surface area contributed by atoms with Gasteiger partial charge < -0.3 is 0 Å². The van der Waals surface area contributed by atoms with Crippen LogP contribution in [0.2, 0.25) is 0 Å². The Kier molecular flexibility index (Phi) is 4.33. The molecule has 186 valence electrons. The summed E-state index contributed by atoms with van der Waals surface area (Å²) in [7, 11) is 0. The van der Waals surface area contributed by atoms with Crippen molar-refractivity contribution >= 4 is 65.2 Å². The Bertz CT molecular complexity index is 2430. The maximum absolute atomic E-state index is 5.25. The van der Waals surface area contributed by atoms with Gasteiger partial charge in [0, 0.05) is 16.5 Å². The minimum absolute atomic E-state index is 0.892. The van der Waals surface area contributed by atoms with Crippen LogP contribution in [0, 0.1) is 0 Å². The van der Waals surface area contributed by atoms with Crippen LogP contribution in [0.4, 0.5) is 0 Å². The number of fused-ring (bicyclic) bond motifs is 10. The van der Waals surface area contributed by atoms with Crippen molar-refractivity contribution in [1.29, 1.82) is 0 Å². The molecule has 40 heavy (non-hydrogen) atoms. The molecule has 3 heteroatoms. The molecule has 0 bridgehead atoms. The molecule has 9 rings (SSSR count). The van der Waals surface area contributed by atoms with Gasteiger partial charge in [-0.15, -0.1) is 0 Å². The van der Waals surface area contributed by atoms with Crippen LogP contribution in [0.25, 0.3) is 76.8 Å². The van der Waals surface area contributed by atoms with E-state index in [-0.39, 0.29) is 0 Å². The van der Waals surface area contributed by atoms with Gasteiger partial charge in [-0.3, -0.25) is 9.13 Å². The number of aromatic nitrogens is 3. The Balaban J connectivity index is 1.51. The van der Waals surface area contributed by atoms with Crippen LogP contribution in [0.15, 0.2) is 140 Å². The van der Waals surface area contributed by atoms with Crippen LogP contribution in [-0.4, -0.2) is 14.1 Å². The lowest BCUT2D eigenvalue weighted by atomic mass is 9.93. The first-order chi connectivity index (χ1) is 19.9. The van der Waals surface area contributed by atoms with Gasteiger partial charge in [-0.05, 0) is 74.8 Å². The second kappa shape index (κ2) is 8.05. The molecule has 2 heterocycles. The second-order valence-electron chi connectivity index (χ2n) is 10.4. The summed E-state index contributed by atoms with van der Waals surface area (Å²) in [5.41, 5.74) is 5.46. The van der Waals surface area contributed by atoms with Gasteiger partial charge in [0.05, 0.1) is 22.1 Å². The Morgan fingerprint density at radius 3 is 1.57 bits per heavy atom. The van der Waals surface area contributed by atoms with Gasteiger partial charge in [0.25, 0.3) is 0 Å². The molecule has 0 N–H and O–H groups in total. The van der Waals surface area contributed by atoms with E-state index in [4.69, 9.17) is 4.98 Å². The third-order valence-electron chi connectivity index (χ3n) is 8.29. The zero-order valence-corrected chi connectivity index (χ0v) is 21.6. The average Bonchev–Trinajstić information content (AvgIpc) is 3.56. The number of hydrogen-bond donors (Lipinski definition) is 0. The molecule has 0 unspecified atom stereocenters. The van der Waals surface area contributed by atoms with E-state index in [1.54, 1.807) is 0 Å². The number of benzene rings is 7. The van der Waals surface area contributed by atoms with Crippen LogP contribution >= 0.6 is 0 Å². The maximum Gasteiger partial charge on any atom is 0.220 e. The van der Waals surface area contributed by atoms with Gasteiger partial charge in [-0.2, -0.15) is 0 Å². The van der Waals surface area contributed by atoms with Gasteiger partial charge >= 0.3 is 0 Å². The van der Waals surface area contributed by atoms with Crippen molar-refractivity contribution in [3.8, 4) is 11.6 Å². The highest BCUT2D eigenvalue weighted by Crippen LogP contribution is 2.41. The van der Waals surface area contributed by atoms with E-state index in [9.17, 15) is 0 Å². The Labute approximate surface area is 230 Å². The lowest BCUT2D eigenvalue weighted by Crippen LogP contribution is -2.05. The molecule has 0 fully saturated rings. The van der Waals surface area contributed by atoms with Crippen molar-refractivity contribution in [2.45, 2.75) is 0 Å². The monoisotopic (exact) mass is 509 g/mol. The summed E-state index contributed by atoms with van der Waals surface area (Å²) in [4.78, 5) is 5.25. The molecule has 9 aromatic rings. The summed E-state index contributed by atoms with van der Waals surface area (Å²) in [5, 5.41) is 10.1. The van der Waals surface area contributed by atoms with E-state index in [0.717, 1.165) is 33.7 Å². The predicted octanol–water partition coefficient (Wildman–Crippen LogP) is 9.58. The normalized spacial score (nSPS) is 12.0. The number of rotatable bonds is 2. The van der Waals surface area contributed by atoms with Crippen molar-refractivity contribution in [2.24, 2.45) is 0 Å². The number of para-hydroxylation sites is 4. The molecular formula is C37H23N3. The first-order valence-corrected chi connectivity index (χ1v) is 13.7. The Morgan fingerprint density at radius 2 is 0.875 bits per heavy atom. The standard InChI is InChI=1S/C37H23N3/c1-2-12-24(13-3-1)39-35-21-11-9-19-33(35)38-37(39)40-34-20-10-8-18-29(34)32-22-30-27-16-6-4-14-25(27)26-15-5-7-17-28(26)31(30)23-36(32)40/h1-23H. The molecule has 3 nitrogen and oxygen atoms in total. The fourth-order valence-corrected chi connectivity index (χ4v) is 6.58. The molecule has 0 aliphatic carbocycles. The maximum atomic E-state index is 5.25. The van der Waals surface area contributed by atoms with Crippen molar-refractivity contribution in [1.82, 2.24) is 14.1 Å². The lowest BCUT2D eigenvalue weighted by Gasteiger charge is -2.14. The highest BCUT2D eigenvalue weighted by molar-refractivity contribution is 6.28. The molecule has 2 aromatic heterocycles. The minimum atomic E-state index is 0.892. The fraction of sp³-hybridized carbons (Fsp3) is 0. The number of imidazole rings is 1. The summed E-state index contributed by atoms with van der Waals surface area (Å²) in [5.74, 6) is 0.892. The molecule has 0 aliphatic heterocycles. The smallest absolute Gasteiger partial charge is 0.220 e. The summed E-state index contributed by atoms with van der Waals surface area (Å²) < 4.78 is 4.63. The Morgan fingerprint density at radius 1 is 0.350 bits per heavy atom. The van der Waals surface area contributed by atoms with Crippen LogP contribution in [0.1, 0.15) is 0 Å². The second-order valence-corrected chi connectivity index (χ2v) is 10.4. The van der Waals surface area contributed by atoms with Gasteiger partial charge in [-0.1, -0.05) is 97.1 Å². The molecule has 7 aromatic carbocycles. The van der Waals surface area contributed by atoms with Crippen LogP contribution < -0.4 is 0 Å². The zero-order chi connectivity index (χ0) is 26.2. The zero-order valence-electron chi connectivity index (χ0n) is 21.6. The lowest BCUT2D eigenvalue weighted by molar-refractivity contribution is 0.956. The summed E-state index contributed by atoms with van der Waals surface area (Å²) in [6.45, 7) is 0. The summed E-state index contributed by atoms with van der Waals surface area (Å²) in [6, 6.07) is 50.0. The first-order valence-electron chi connectivity index (χ1n) is 13.7. The molecular weight excluding hydrogens is 486 g/mol. The highest BCUT2D eigenvalue weighted by Gasteiger charge is 2.21. The quantitative estimate of drug-likeness (QED) is 0.213.